The lowest BCUT2D eigenvalue weighted by molar-refractivity contribution is -0.125. The van der Waals surface area contributed by atoms with Crippen molar-refractivity contribution in [3.05, 3.63) is 54.1 Å². The zero-order chi connectivity index (χ0) is 17.7. The van der Waals surface area contributed by atoms with Gasteiger partial charge in [0.15, 0.2) is 0 Å². The normalized spacial score (nSPS) is 16.6. The van der Waals surface area contributed by atoms with Crippen molar-refractivity contribution in [1.29, 1.82) is 0 Å². The summed E-state index contributed by atoms with van der Waals surface area (Å²) in [6.45, 7) is 4.30. The number of rotatable bonds is 12. The van der Waals surface area contributed by atoms with E-state index in [0.29, 0.717) is 13.1 Å². The molecule has 0 bridgehead atoms. The molecule has 1 unspecified atom stereocenters. The van der Waals surface area contributed by atoms with E-state index in [-0.39, 0.29) is 12.0 Å². The monoisotopic (exact) mass is 341 g/mol. The molecule has 3 nitrogen and oxygen atoms in total. The van der Waals surface area contributed by atoms with Crippen LogP contribution < -0.4 is 0 Å². The number of benzene rings is 1. The van der Waals surface area contributed by atoms with Crippen molar-refractivity contribution in [1.82, 2.24) is 4.90 Å². The Morgan fingerprint density at radius 2 is 1.92 bits per heavy atom. The van der Waals surface area contributed by atoms with Gasteiger partial charge in [0.1, 0.15) is 0 Å². The summed E-state index contributed by atoms with van der Waals surface area (Å²) in [5, 5.41) is 0. The molecule has 1 aliphatic heterocycles. The van der Waals surface area contributed by atoms with Gasteiger partial charge in [-0.15, -0.1) is 0 Å². The predicted octanol–water partition coefficient (Wildman–Crippen LogP) is 4.84. The Labute approximate surface area is 152 Å². The summed E-state index contributed by atoms with van der Waals surface area (Å²) < 4.78 is 5.29. The molecule has 1 heterocycles. The molecule has 1 aliphatic rings. The standard InChI is InChI=1S/C22H31NO2/c1-2-3-4-5-6-7-11-16-22(24)23(18-21-19-25-21)17-12-15-20-13-9-8-10-14-20/h8-16,21H,2-7,17-19H2,1H3. The molecule has 1 fully saturated rings. The highest BCUT2D eigenvalue weighted by Crippen LogP contribution is 2.12. The topological polar surface area (TPSA) is 32.8 Å². The molecule has 0 saturated carbocycles. The van der Waals surface area contributed by atoms with Gasteiger partial charge in [0.25, 0.3) is 0 Å². The molecule has 2 rings (SSSR count). The molecule has 0 radical (unpaired) electrons. The fourth-order valence-corrected chi connectivity index (χ4v) is 2.71. The second-order valence-electron chi connectivity index (χ2n) is 6.62. The lowest BCUT2D eigenvalue weighted by atomic mass is 10.1. The number of hydrogen-bond donors (Lipinski definition) is 0. The molecule has 1 aromatic carbocycles. The van der Waals surface area contributed by atoms with Gasteiger partial charge in [-0.25, -0.2) is 0 Å². The number of carbonyl (C=O) groups is 1. The third kappa shape index (κ3) is 8.69. The minimum Gasteiger partial charge on any atom is -0.371 e. The second kappa shape index (κ2) is 11.6. The minimum absolute atomic E-state index is 0.0850. The van der Waals surface area contributed by atoms with Gasteiger partial charge in [-0.2, -0.15) is 0 Å². The van der Waals surface area contributed by atoms with Crippen LogP contribution in [0.15, 0.2) is 48.6 Å². The molecule has 0 aliphatic carbocycles. The maximum Gasteiger partial charge on any atom is 0.246 e. The number of nitrogens with zero attached hydrogens (tertiary/aromatic N) is 1. The van der Waals surface area contributed by atoms with Gasteiger partial charge in [-0.1, -0.05) is 81.2 Å². The second-order valence-corrected chi connectivity index (χ2v) is 6.62. The van der Waals surface area contributed by atoms with Crippen molar-refractivity contribution < 1.29 is 9.53 Å². The molecular formula is C22H31NO2. The maximum absolute atomic E-state index is 12.4. The zero-order valence-electron chi connectivity index (χ0n) is 15.4. The number of amides is 1. The number of allylic oxidation sites excluding steroid dienone is 1. The fraction of sp³-hybridized carbons (Fsp3) is 0.500. The number of hydrogen-bond acceptors (Lipinski definition) is 2. The first-order chi connectivity index (χ1) is 12.3. The molecule has 0 spiro atoms. The van der Waals surface area contributed by atoms with Crippen molar-refractivity contribution in [2.45, 2.75) is 51.6 Å². The maximum atomic E-state index is 12.4. The largest absolute Gasteiger partial charge is 0.371 e. The molecular weight excluding hydrogens is 310 g/mol. The zero-order valence-corrected chi connectivity index (χ0v) is 15.4. The first-order valence-corrected chi connectivity index (χ1v) is 9.58. The summed E-state index contributed by atoms with van der Waals surface area (Å²) >= 11 is 0. The van der Waals surface area contributed by atoms with E-state index >= 15 is 0 Å². The Morgan fingerprint density at radius 1 is 1.16 bits per heavy atom. The average Bonchev–Trinajstić information content (AvgIpc) is 3.45. The van der Waals surface area contributed by atoms with Crippen LogP contribution in [0, 0.1) is 0 Å². The SMILES string of the molecule is CCCCCCCC=CC(=O)N(CC=Cc1ccccc1)CC1CO1. The average molecular weight is 341 g/mol. The smallest absolute Gasteiger partial charge is 0.246 e. The minimum atomic E-state index is 0.0850. The number of ether oxygens (including phenoxy) is 1. The Morgan fingerprint density at radius 3 is 2.64 bits per heavy atom. The van der Waals surface area contributed by atoms with E-state index in [0.717, 1.165) is 18.6 Å². The van der Waals surface area contributed by atoms with E-state index in [2.05, 4.69) is 25.1 Å². The van der Waals surface area contributed by atoms with Crippen molar-refractivity contribution in [3.8, 4) is 0 Å². The Hall–Kier alpha value is -1.87. The van der Waals surface area contributed by atoms with Crippen LogP contribution in [0.2, 0.25) is 0 Å². The van der Waals surface area contributed by atoms with Gasteiger partial charge in [-0.05, 0) is 24.5 Å². The van der Waals surface area contributed by atoms with E-state index in [1.54, 1.807) is 6.08 Å². The molecule has 1 saturated heterocycles. The molecule has 3 heteroatoms. The van der Waals surface area contributed by atoms with Gasteiger partial charge in [0, 0.05) is 13.1 Å². The van der Waals surface area contributed by atoms with Crippen LogP contribution in [0.3, 0.4) is 0 Å². The van der Waals surface area contributed by atoms with Crippen LogP contribution in [0.1, 0.15) is 51.0 Å². The third-order valence-electron chi connectivity index (χ3n) is 4.31. The van der Waals surface area contributed by atoms with Crippen molar-refractivity contribution in [2.75, 3.05) is 19.7 Å². The van der Waals surface area contributed by atoms with E-state index in [4.69, 9.17) is 4.74 Å². The van der Waals surface area contributed by atoms with Gasteiger partial charge >= 0.3 is 0 Å². The van der Waals surface area contributed by atoms with Crippen molar-refractivity contribution >= 4 is 12.0 Å². The molecule has 1 aromatic rings. The van der Waals surface area contributed by atoms with Gasteiger partial charge in [0.2, 0.25) is 5.91 Å². The highest BCUT2D eigenvalue weighted by Gasteiger charge is 2.26. The first kappa shape index (κ1) is 19.5. The number of carbonyl (C=O) groups excluding carboxylic acids is 1. The molecule has 1 atom stereocenters. The Kier molecular flexibility index (Phi) is 9.06. The molecule has 136 valence electrons. The molecule has 0 aromatic heterocycles. The summed E-state index contributed by atoms with van der Waals surface area (Å²) in [5.41, 5.74) is 1.15. The predicted molar refractivity (Wildman–Crippen MR) is 104 cm³/mol. The lowest BCUT2D eigenvalue weighted by Crippen LogP contribution is -2.33. The van der Waals surface area contributed by atoms with Crippen LogP contribution in [0.5, 0.6) is 0 Å². The number of unbranched alkanes of at least 4 members (excludes halogenated alkanes) is 5. The van der Waals surface area contributed by atoms with Crippen molar-refractivity contribution in [2.24, 2.45) is 0 Å². The van der Waals surface area contributed by atoms with Crippen LogP contribution in [0.25, 0.3) is 6.08 Å². The van der Waals surface area contributed by atoms with Gasteiger partial charge in [-0.3, -0.25) is 4.79 Å². The van der Waals surface area contributed by atoms with Gasteiger partial charge in [0.05, 0.1) is 12.7 Å². The van der Waals surface area contributed by atoms with E-state index in [9.17, 15) is 4.79 Å². The van der Waals surface area contributed by atoms with Crippen molar-refractivity contribution in [3.63, 3.8) is 0 Å². The van der Waals surface area contributed by atoms with Crippen LogP contribution in [0.4, 0.5) is 0 Å². The summed E-state index contributed by atoms with van der Waals surface area (Å²) in [6, 6.07) is 10.2. The quantitative estimate of drug-likeness (QED) is 0.309. The summed E-state index contributed by atoms with van der Waals surface area (Å²) in [6.07, 6.45) is 15.4. The van der Waals surface area contributed by atoms with Gasteiger partial charge < -0.3 is 9.64 Å². The highest BCUT2D eigenvalue weighted by molar-refractivity contribution is 5.87. The van der Waals surface area contributed by atoms with Crippen LogP contribution in [-0.4, -0.2) is 36.6 Å². The Balaban J connectivity index is 1.75. The fourth-order valence-electron chi connectivity index (χ4n) is 2.71. The van der Waals surface area contributed by atoms with Crippen LogP contribution in [-0.2, 0) is 9.53 Å². The number of epoxide rings is 1. The summed E-state index contributed by atoms with van der Waals surface area (Å²) in [4.78, 5) is 14.3. The summed E-state index contributed by atoms with van der Waals surface area (Å²) in [5.74, 6) is 0.0850. The molecule has 25 heavy (non-hydrogen) atoms. The lowest BCUT2D eigenvalue weighted by Gasteiger charge is -2.18. The molecule has 0 N–H and O–H groups in total. The van der Waals surface area contributed by atoms with Crippen LogP contribution >= 0.6 is 0 Å². The third-order valence-corrected chi connectivity index (χ3v) is 4.31. The van der Waals surface area contributed by atoms with E-state index in [1.165, 1.54) is 32.1 Å². The summed E-state index contributed by atoms with van der Waals surface area (Å²) in [7, 11) is 0. The van der Waals surface area contributed by atoms with E-state index < -0.39 is 0 Å². The molecule has 1 amide bonds. The van der Waals surface area contributed by atoms with E-state index in [1.807, 2.05) is 35.3 Å². The first-order valence-electron chi connectivity index (χ1n) is 9.58. The Bertz CT molecular complexity index is 546. The highest BCUT2D eigenvalue weighted by atomic mass is 16.6.